The van der Waals surface area contributed by atoms with Gasteiger partial charge in [0.25, 0.3) is 0 Å². The second kappa shape index (κ2) is 6.93. The molecule has 1 heterocycles. The first-order chi connectivity index (χ1) is 10.0. The largest absolute Gasteiger partial charge is 0.378 e. The van der Waals surface area contributed by atoms with Crippen molar-refractivity contribution in [3.05, 3.63) is 17.5 Å². The van der Waals surface area contributed by atoms with E-state index in [4.69, 9.17) is 4.74 Å². The second-order valence-corrected chi connectivity index (χ2v) is 6.55. The van der Waals surface area contributed by atoms with E-state index in [9.17, 15) is 0 Å². The Hall–Kier alpha value is -0.870. The highest BCUT2D eigenvalue weighted by Crippen LogP contribution is 2.45. The molecule has 120 valence electrons. The summed E-state index contributed by atoms with van der Waals surface area (Å²) in [4.78, 5) is 0. The monoisotopic (exact) mass is 293 g/mol. The van der Waals surface area contributed by atoms with Gasteiger partial charge in [0.2, 0.25) is 0 Å². The van der Waals surface area contributed by atoms with E-state index in [-0.39, 0.29) is 0 Å². The zero-order chi connectivity index (χ0) is 15.5. The van der Waals surface area contributed by atoms with E-state index in [0.29, 0.717) is 17.6 Å². The summed E-state index contributed by atoms with van der Waals surface area (Å²) in [5, 5.41) is 8.24. The molecule has 1 aliphatic carbocycles. The molecule has 0 spiro atoms. The maximum atomic E-state index is 5.85. The molecule has 1 N–H and O–H groups in total. The van der Waals surface area contributed by atoms with Gasteiger partial charge in [-0.2, -0.15) is 5.10 Å². The Balaban J connectivity index is 1.73. The van der Waals surface area contributed by atoms with Gasteiger partial charge in [0, 0.05) is 30.3 Å². The first kappa shape index (κ1) is 16.5. The molecule has 0 aliphatic heterocycles. The van der Waals surface area contributed by atoms with Crippen LogP contribution in [0.4, 0.5) is 0 Å². The molecule has 4 nitrogen and oxygen atoms in total. The number of nitrogens with zero attached hydrogens (tertiary/aromatic N) is 2. The normalized spacial score (nSPS) is 28.6. The average molecular weight is 293 g/mol. The molecule has 3 unspecified atom stereocenters. The van der Waals surface area contributed by atoms with Crippen molar-refractivity contribution in [2.24, 2.45) is 5.41 Å². The van der Waals surface area contributed by atoms with E-state index in [1.807, 2.05) is 0 Å². The number of hydrogen-bond donors (Lipinski definition) is 1. The predicted octanol–water partition coefficient (Wildman–Crippen LogP) is 3.07. The third-order valence-corrected chi connectivity index (χ3v) is 5.15. The minimum atomic E-state index is 0.300. The highest BCUT2D eigenvalue weighted by atomic mass is 16.5. The summed E-state index contributed by atoms with van der Waals surface area (Å²) in [5.74, 6) is 0. The van der Waals surface area contributed by atoms with Gasteiger partial charge < -0.3 is 10.1 Å². The van der Waals surface area contributed by atoms with Gasteiger partial charge in [-0.15, -0.1) is 0 Å². The maximum absolute atomic E-state index is 5.85. The Bertz CT molecular complexity index is 457. The minimum Gasteiger partial charge on any atom is -0.378 e. The molecule has 1 saturated carbocycles. The van der Waals surface area contributed by atoms with E-state index in [1.54, 1.807) is 0 Å². The van der Waals surface area contributed by atoms with Crippen LogP contribution in [0.25, 0.3) is 0 Å². The van der Waals surface area contributed by atoms with Gasteiger partial charge in [-0.1, -0.05) is 13.8 Å². The lowest BCUT2D eigenvalue weighted by Crippen LogP contribution is -2.62. The molecular weight excluding hydrogens is 262 g/mol. The SMILES string of the molecule is CCOC1CC(NCCCn2nc(C)cc2C)C1(C)CC. The third-order valence-electron chi connectivity index (χ3n) is 5.15. The van der Waals surface area contributed by atoms with E-state index < -0.39 is 0 Å². The van der Waals surface area contributed by atoms with Crippen LogP contribution in [0.2, 0.25) is 0 Å². The van der Waals surface area contributed by atoms with Crippen LogP contribution in [0.1, 0.15) is 51.4 Å². The van der Waals surface area contributed by atoms with Crippen molar-refractivity contribution in [2.75, 3.05) is 13.2 Å². The number of ether oxygens (including phenoxy) is 1. The molecule has 0 radical (unpaired) electrons. The zero-order valence-electron chi connectivity index (χ0n) is 14.3. The van der Waals surface area contributed by atoms with E-state index >= 15 is 0 Å². The molecule has 3 atom stereocenters. The molecule has 4 heteroatoms. The van der Waals surface area contributed by atoms with Crippen molar-refractivity contribution in [3.8, 4) is 0 Å². The smallest absolute Gasteiger partial charge is 0.0658 e. The number of rotatable bonds is 8. The summed E-state index contributed by atoms with van der Waals surface area (Å²) in [7, 11) is 0. The number of hydrogen-bond acceptors (Lipinski definition) is 3. The van der Waals surface area contributed by atoms with Gasteiger partial charge in [-0.05, 0) is 52.6 Å². The number of aryl methyl sites for hydroxylation is 3. The fourth-order valence-corrected chi connectivity index (χ4v) is 3.47. The van der Waals surface area contributed by atoms with Crippen molar-refractivity contribution >= 4 is 0 Å². The lowest BCUT2D eigenvalue weighted by molar-refractivity contribution is -0.125. The first-order valence-electron chi connectivity index (χ1n) is 8.37. The Labute approximate surface area is 129 Å². The number of aromatic nitrogens is 2. The van der Waals surface area contributed by atoms with Crippen molar-refractivity contribution in [3.63, 3.8) is 0 Å². The zero-order valence-corrected chi connectivity index (χ0v) is 14.3. The first-order valence-corrected chi connectivity index (χ1v) is 8.37. The van der Waals surface area contributed by atoms with Crippen molar-refractivity contribution in [2.45, 2.75) is 72.6 Å². The van der Waals surface area contributed by atoms with Gasteiger partial charge in [-0.3, -0.25) is 4.68 Å². The van der Waals surface area contributed by atoms with E-state index in [1.165, 1.54) is 12.1 Å². The molecule has 0 amide bonds. The Morgan fingerprint density at radius 3 is 2.76 bits per heavy atom. The van der Waals surface area contributed by atoms with Gasteiger partial charge in [-0.25, -0.2) is 0 Å². The van der Waals surface area contributed by atoms with E-state index in [0.717, 1.165) is 38.2 Å². The van der Waals surface area contributed by atoms with Crippen LogP contribution in [0.3, 0.4) is 0 Å². The fourth-order valence-electron chi connectivity index (χ4n) is 3.47. The van der Waals surface area contributed by atoms with Gasteiger partial charge in [0.15, 0.2) is 0 Å². The van der Waals surface area contributed by atoms with Gasteiger partial charge in [0.05, 0.1) is 11.8 Å². The van der Waals surface area contributed by atoms with Gasteiger partial charge in [0.1, 0.15) is 0 Å². The quantitative estimate of drug-likeness (QED) is 0.749. The van der Waals surface area contributed by atoms with Crippen LogP contribution in [0, 0.1) is 19.3 Å². The topological polar surface area (TPSA) is 39.1 Å². The Morgan fingerprint density at radius 1 is 1.43 bits per heavy atom. The maximum Gasteiger partial charge on any atom is 0.0658 e. The molecule has 2 rings (SSSR count). The molecule has 21 heavy (non-hydrogen) atoms. The summed E-state index contributed by atoms with van der Waals surface area (Å²) in [5.41, 5.74) is 2.66. The highest BCUT2D eigenvalue weighted by molar-refractivity contribution is 5.06. The summed E-state index contributed by atoms with van der Waals surface area (Å²) >= 11 is 0. The van der Waals surface area contributed by atoms with Gasteiger partial charge >= 0.3 is 0 Å². The third kappa shape index (κ3) is 3.49. The van der Waals surface area contributed by atoms with Crippen molar-refractivity contribution < 1.29 is 4.74 Å². The lowest BCUT2D eigenvalue weighted by Gasteiger charge is -2.53. The summed E-state index contributed by atoms with van der Waals surface area (Å²) in [6, 6.07) is 2.74. The van der Waals surface area contributed by atoms with Crippen molar-refractivity contribution in [1.82, 2.24) is 15.1 Å². The Kier molecular flexibility index (Phi) is 5.44. The molecule has 0 aromatic carbocycles. The standard InChI is InChI=1S/C17H31N3O/c1-6-17(5)15(12-16(17)21-7-2)18-9-8-10-20-14(4)11-13(3)19-20/h11,15-16,18H,6-10,12H2,1-5H3. The molecule has 0 saturated heterocycles. The van der Waals surface area contributed by atoms with Crippen LogP contribution in [-0.2, 0) is 11.3 Å². The minimum absolute atomic E-state index is 0.300. The summed E-state index contributed by atoms with van der Waals surface area (Å²) in [6.45, 7) is 13.8. The molecule has 1 fully saturated rings. The van der Waals surface area contributed by atoms with E-state index in [2.05, 4.69) is 55.8 Å². The Morgan fingerprint density at radius 2 is 2.19 bits per heavy atom. The van der Waals surface area contributed by atoms with Crippen LogP contribution in [0.5, 0.6) is 0 Å². The van der Waals surface area contributed by atoms with Crippen LogP contribution < -0.4 is 5.32 Å². The van der Waals surface area contributed by atoms with Crippen molar-refractivity contribution in [1.29, 1.82) is 0 Å². The molecule has 0 bridgehead atoms. The summed E-state index contributed by atoms with van der Waals surface area (Å²) < 4.78 is 7.97. The lowest BCUT2D eigenvalue weighted by atomic mass is 9.61. The summed E-state index contributed by atoms with van der Waals surface area (Å²) in [6.07, 6.45) is 3.88. The molecular formula is C17H31N3O. The van der Waals surface area contributed by atoms with Crippen LogP contribution >= 0.6 is 0 Å². The van der Waals surface area contributed by atoms with Crippen LogP contribution in [0.15, 0.2) is 6.07 Å². The molecule has 1 aromatic heterocycles. The molecule has 1 aliphatic rings. The average Bonchev–Trinajstić information content (AvgIpc) is 2.78. The second-order valence-electron chi connectivity index (χ2n) is 6.55. The highest BCUT2D eigenvalue weighted by Gasteiger charge is 2.50. The molecule has 1 aromatic rings. The van der Waals surface area contributed by atoms with Crippen LogP contribution in [-0.4, -0.2) is 35.1 Å². The predicted molar refractivity (Wildman–Crippen MR) is 86.5 cm³/mol. The number of nitrogens with one attached hydrogen (secondary N) is 1. The fraction of sp³-hybridized carbons (Fsp3) is 0.824.